The minimum Gasteiger partial charge on any atom is -0.506 e. The van der Waals surface area contributed by atoms with E-state index in [0.717, 1.165) is 35.1 Å². The second-order valence-corrected chi connectivity index (χ2v) is 8.46. The van der Waals surface area contributed by atoms with Crippen LogP contribution in [0.4, 0.5) is 0 Å². The molecule has 0 aliphatic carbocycles. The number of phenolic OH excluding ortho intramolecular Hbond substituents is 1. The Labute approximate surface area is 167 Å². The predicted octanol–water partition coefficient (Wildman–Crippen LogP) is 6.62. The van der Waals surface area contributed by atoms with Crippen LogP contribution >= 0.6 is 0 Å². The Morgan fingerprint density at radius 2 is 1.64 bits per heavy atom. The second kappa shape index (κ2) is 7.78. The summed E-state index contributed by atoms with van der Waals surface area (Å²) < 4.78 is 5.58. The van der Waals surface area contributed by atoms with Crippen molar-refractivity contribution in [2.75, 3.05) is 0 Å². The summed E-state index contributed by atoms with van der Waals surface area (Å²) in [5.74, 6) is 1.53. The smallest absolute Gasteiger partial charge is 0.261 e. The Bertz CT molecular complexity index is 963. The van der Waals surface area contributed by atoms with Crippen molar-refractivity contribution in [2.24, 2.45) is 0 Å². The molecule has 0 aliphatic rings. The molecule has 3 rings (SSSR count). The maximum atomic E-state index is 11.1. The van der Waals surface area contributed by atoms with Gasteiger partial charge in [0.15, 0.2) is 5.82 Å². The van der Waals surface area contributed by atoms with Crippen LogP contribution in [0.2, 0.25) is 0 Å². The molecule has 0 saturated carbocycles. The number of aromatic hydroxyl groups is 1. The molecule has 0 spiro atoms. The fourth-order valence-corrected chi connectivity index (χ4v) is 3.47. The van der Waals surface area contributed by atoms with Crippen LogP contribution in [-0.4, -0.2) is 15.2 Å². The average molecular weight is 379 g/mol. The molecule has 1 N–H and O–H groups in total. The zero-order valence-corrected chi connectivity index (χ0v) is 17.7. The molecule has 1 aromatic heterocycles. The SMILES string of the molecule is CCC(CC)c1noc(-c2cc(C(C)(C)C)cc(-c3ccccc3C)c2O)n1. The van der Waals surface area contributed by atoms with E-state index >= 15 is 0 Å². The Balaban J connectivity index is 2.22. The first-order valence-electron chi connectivity index (χ1n) is 10.0. The fraction of sp³-hybridized carbons (Fsp3) is 0.417. The van der Waals surface area contributed by atoms with Crippen molar-refractivity contribution >= 4 is 0 Å². The number of rotatable bonds is 5. The van der Waals surface area contributed by atoms with Crippen molar-refractivity contribution in [1.82, 2.24) is 10.1 Å². The van der Waals surface area contributed by atoms with E-state index in [4.69, 9.17) is 4.52 Å². The molecule has 4 heteroatoms. The van der Waals surface area contributed by atoms with E-state index in [9.17, 15) is 5.11 Å². The minimum atomic E-state index is -0.0852. The lowest BCUT2D eigenvalue weighted by atomic mass is 9.83. The highest BCUT2D eigenvalue weighted by Gasteiger charge is 2.24. The summed E-state index contributed by atoms with van der Waals surface area (Å²) in [7, 11) is 0. The summed E-state index contributed by atoms with van der Waals surface area (Å²) in [6.45, 7) is 12.8. The molecule has 0 bridgehead atoms. The van der Waals surface area contributed by atoms with Crippen LogP contribution in [-0.2, 0) is 5.41 Å². The van der Waals surface area contributed by atoms with Gasteiger partial charge in [-0.15, -0.1) is 0 Å². The molecule has 0 fully saturated rings. The third kappa shape index (κ3) is 3.82. The van der Waals surface area contributed by atoms with Crippen LogP contribution in [0.25, 0.3) is 22.6 Å². The van der Waals surface area contributed by atoms with Gasteiger partial charge in [-0.3, -0.25) is 0 Å². The van der Waals surface area contributed by atoms with Crippen LogP contribution < -0.4 is 0 Å². The van der Waals surface area contributed by atoms with E-state index in [1.807, 2.05) is 24.3 Å². The molecule has 0 unspecified atom stereocenters. The van der Waals surface area contributed by atoms with Gasteiger partial charge in [0.25, 0.3) is 5.89 Å². The molecule has 1 heterocycles. The molecular formula is C24H30N2O2. The van der Waals surface area contributed by atoms with Crippen molar-refractivity contribution in [1.29, 1.82) is 0 Å². The number of phenols is 1. The Morgan fingerprint density at radius 3 is 2.25 bits per heavy atom. The summed E-state index contributed by atoms with van der Waals surface area (Å²) >= 11 is 0. The van der Waals surface area contributed by atoms with Crippen LogP contribution in [0.15, 0.2) is 40.9 Å². The Morgan fingerprint density at radius 1 is 1.00 bits per heavy atom. The fourth-order valence-electron chi connectivity index (χ4n) is 3.47. The third-order valence-electron chi connectivity index (χ3n) is 5.43. The normalized spacial score (nSPS) is 12.0. The van der Waals surface area contributed by atoms with Crippen LogP contribution in [0, 0.1) is 6.92 Å². The summed E-state index contributed by atoms with van der Waals surface area (Å²) in [4.78, 5) is 4.63. The first-order valence-corrected chi connectivity index (χ1v) is 10.0. The van der Waals surface area contributed by atoms with Gasteiger partial charge >= 0.3 is 0 Å². The van der Waals surface area contributed by atoms with E-state index in [2.05, 4.69) is 63.8 Å². The molecular weight excluding hydrogens is 348 g/mol. The third-order valence-corrected chi connectivity index (χ3v) is 5.43. The quantitative estimate of drug-likeness (QED) is 0.542. The number of nitrogens with zero attached hydrogens (tertiary/aromatic N) is 2. The van der Waals surface area contributed by atoms with Gasteiger partial charge in [0.1, 0.15) is 5.75 Å². The number of aryl methyl sites for hydroxylation is 1. The largest absolute Gasteiger partial charge is 0.506 e. The number of hydrogen-bond acceptors (Lipinski definition) is 4. The van der Waals surface area contributed by atoms with Gasteiger partial charge < -0.3 is 9.63 Å². The van der Waals surface area contributed by atoms with Crippen molar-refractivity contribution in [2.45, 2.75) is 65.7 Å². The van der Waals surface area contributed by atoms with Crippen molar-refractivity contribution in [3.05, 3.63) is 53.3 Å². The Kier molecular flexibility index (Phi) is 5.59. The standard InChI is InChI=1S/C24H30N2O2/c1-7-16(8-2)22-25-23(28-26-22)20-14-17(24(4,5)6)13-19(21(20)27)18-12-10-9-11-15(18)3/h9-14,16,27H,7-8H2,1-6H3. The van der Waals surface area contributed by atoms with E-state index in [1.54, 1.807) is 0 Å². The zero-order chi connectivity index (χ0) is 20.5. The summed E-state index contributed by atoms with van der Waals surface area (Å²) in [5, 5.41) is 15.3. The zero-order valence-electron chi connectivity index (χ0n) is 17.7. The highest BCUT2D eigenvalue weighted by Crippen LogP contribution is 2.42. The van der Waals surface area contributed by atoms with Gasteiger partial charge in [-0.1, -0.05) is 64.0 Å². The molecule has 0 atom stereocenters. The Hall–Kier alpha value is -2.62. The molecule has 4 nitrogen and oxygen atoms in total. The van der Waals surface area contributed by atoms with E-state index in [0.29, 0.717) is 17.3 Å². The number of benzene rings is 2. The maximum absolute atomic E-state index is 11.1. The lowest BCUT2D eigenvalue weighted by molar-refractivity contribution is 0.408. The molecule has 0 amide bonds. The number of hydrogen-bond donors (Lipinski definition) is 1. The molecule has 28 heavy (non-hydrogen) atoms. The summed E-state index contributed by atoms with van der Waals surface area (Å²) in [6, 6.07) is 12.1. The van der Waals surface area contributed by atoms with Crippen molar-refractivity contribution < 1.29 is 9.63 Å². The van der Waals surface area contributed by atoms with Crippen LogP contribution in [0.3, 0.4) is 0 Å². The molecule has 0 saturated heterocycles. The first kappa shape index (κ1) is 20.1. The van der Waals surface area contributed by atoms with Gasteiger partial charge in [-0.25, -0.2) is 0 Å². The predicted molar refractivity (Wildman–Crippen MR) is 114 cm³/mol. The lowest BCUT2D eigenvalue weighted by Crippen LogP contribution is -2.11. The van der Waals surface area contributed by atoms with Crippen LogP contribution in [0.1, 0.15) is 70.3 Å². The van der Waals surface area contributed by atoms with Gasteiger partial charge in [0.05, 0.1) is 5.56 Å². The second-order valence-electron chi connectivity index (χ2n) is 8.46. The summed E-state index contributed by atoms with van der Waals surface area (Å²) in [6.07, 6.45) is 1.91. The van der Waals surface area contributed by atoms with E-state index in [1.165, 1.54) is 0 Å². The van der Waals surface area contributed by atoms with E-state index in [-0.39, 0.29) is 17.1 Å². The van der Waals surface area contributed by atoms with Crippen molar-refractivity contribution in [3.8, 4) is 28.3 Å². The van der Waals surface area contributed by atoms with Gasteiger partial charge in [0.2, 0.25) is 0 Å². The maximum Gasteiger partial charge on any atom is 0.261 e. The monoisotopic (exact) mass is 378 g/mol. The average Bonchev–Trinajstić information content (AvgIpc) is 3.12. The molecule has 2 aromatic carbocycles. The summed E-state index contributed by atoms with van der Waals surface area (Å²) in [5.41, 5.74) is 4.53. The topological polar surface area (TPSA) is 59.2 Å². The minimum absolute atomic E-state index is 0.0852. The lowest BCUT2D eigenvalue weighted by Gasteiger charge is -2.22. The van der Waals surface area contributed by atoms with Crippen LogP contribution in [0.5, 0.6) is 5.75 Å². The van der Waals surface area contributed by atoms with Crippen molar-refractivity contribution in [3.63, 3.8) is 0 Å². The molecule has 148 valence electrons. The molecule has 0 aliphatic heterocycles. The van der Waals surface area contributed by atoms with Gasteiger partial charge in [0, 0.05) is 11.5 Å². The molecule has 3 aromatic rings. The van der Waals surface area contributed by atoms with E-state index < -0.39 is 0 Å². The highest BCUT2D eigenvalue weighted by molar-refractivity contribution is 5.82. The van der Waals surface area contributed by atoms with Gasteiger partial charge in [-0.2, -0.15) is 4.98 Å². The highest BCUT2D eigenvalue weighted by atomic mass is 16.5. The first-order chi connectivity index (χ1) is 13.3. The molecule has 0 radical (unpaired) electrons. The van der Waals surface area contributed by atoms with Gasteiger partial charge in [-0.05, 0) is 54.0 Å². The number of aromatic nitrogens is 2.